The van der Waals surface area contributed by atoms with E-state index >= 15 is 0 Å². The summed E-state index contributed by atoms with van der Waals surface area (Å²) in [7, 11) is 2.02. The van der Waals surface area contributed by atoms with Gasteiger partial charge in [-0.1, -0.05) is 30.3 Å². The Morgan fingerprint density at radius 2 is 1.86 bits per heavy atom. The van der Waals surface area contributed by atoms with Crippen LogP contribution in [0, 0.1) is 13.8 Å². The van der Waals surface area contributed by atoms with Crippen LogP contribution in [0.25, 0.3) is 11.4 Å². The lowest BCUT2D eigenvalue weighted by molar-refractivity contribution is 0.855. The zero-order valence-corrected chi connectivity index (χ0v) is 14.5. The fourth-order valence-corrected chi connectivity index (χ4v) is 4.15. The lowest BCUT2D eigenvalue weighted by Gasteiger charge is -2.03. The molecule has 2 aromatic heterocycles. The summed E-state index contributed by atoms with van der Waals surface area (Å²) in [6.07, 6.45) is 0. The molecule has 114 valence electrons. The lowest BCUT2D eigenvalue weighted by Crippen LogP contribution is -1.98. The van der Waals surface area contributed by atoms with Crippen LogP contribution in [0.2, 0.25) is 0 Å². The monoisotopic (exact) mass is 330 g/mol. The predicted octanol–water partition coefficient (Wildman–Crippen LogP) is 3.99. The molecular formula is C16H18N4S2. The molecule has 0 atom stereocenters. The van der Waals surface area contributed by atoms with Crippen molar-refractivity contribution in [3.05, 3.63) is 51.7 Å². The van der Waals surface area contributed by atoms with E-state index in [4.69, 9.17) is 0 Å². The molecule has 22 heavy (non-hydrogen) atoms. The highest BCUT2D eigenvalue weighted by atomic mass is 32.2. The molecule has 0 radical (unpaired) electrons. The van der Waals surface area contributed by atoms with Crippen LogP contribution in [0.15, 0.2) is 30.3 Å². The molecule has 4 nitrogen and oxygen atoms in total. The van der Waals surface area contributed by atoms with E-state index in [2.05, 4.69) is 45.7 Å². The second-order valence-corrected chi connectivity index (χ2v) is 7.38. The van der Waals surface area contributed by atoms with Gasteiger partial charge in [-0.05, 0) is 13.8 Å². The quantitative estimate of drug-likeness (QED) is 0.709. The number of benzene rings is 1. The van der Waals surface area contributed by atoms with E-state index in [1.807, 2.05) is 37.0 Å². The fraction of sp³-hybridized carbons (Fsp3) is 0.312. The molecule has 3 rings (SSSR count). The van der Waals surface area contributed by atoms with Gasteiger partial charge in [0.2, 0.25) is 0 Å². The van der Waals surface area contributed by atoms with Gasteiger partial charge in [-0.15, -0.1) is 33.3 Å². The van der Waals surface area contributed by atoms with Gasteiger partial charge in [0.1, 0.15) is 10.8 Å². The van der Waals surface area contributed by atoms with E-state index in [0.29, 0.717) is 0 Å². The average Bonchev–Trinajstić information content (AvgIpc) is 3.04. The van der Waals surface area contributed by atoms with Gasteiger partial charge in [0.25, 0.3) is 0 Å². The third-order valence-corrected chi connectivity index (χ3v) is 5.72. The smallest absolute Gasteiger partial charge is 0.163 e. The number of nitrogens with zero attached hydrogens (tertiary/aromatic N) is 4. The van der Waals surface area contributed by atoms with Crippen LogP contribution in [-0.4, -0.2) is 19.7 Å². The molecular weight excluding hydrogens is 312 g/mol. The number of hydrogen-bond donors (Lipinski definition) is 0. The first-order valence-electron chi connectivity index (χ1n) is 7.09. The van der Waals surface area contributed by atoms with Crippen LogP contribution < -0.4 is 0 Å². The standard InChI is InChI=1S/C16H18N4S2/c1-11-12(2)22-15(17-11)10-21-9-14-18-19-16(20(14)3)13-7-5-4-6-8-13/h4-8H,9-10H2,1-3H3. The SMILES string of the molecule is Cc1nc(CSCc2nnc(-c3ccccc3)n2C)sc1C. The third-order valence-electron chi connectivity index (χ3n) is 3.53. The molecule has 0 N–H and O–H groups in total. The maximum atomic E-state index is 4.57. The Morgan fingerprint density at radius 3 is 2.55 bits per heavy atom. The second kappa shape index (κ2) is 6.62. The average molecular weight is 330 g/mol. The van der Waals surface area contributed by atoms with Crippen LogP contribution in [-0.2, 0) is 18.6 Å². The van der Waals surface area contributed by atoms with Crippen LogP contribution in [0.4, 0.5) is 0 Å². The molecule has 0 aliphatic carbocycles. The minimum atomic E-state index is 0.841. The molecule has 0 amide bonds. The number of aromatic nitrogens is 4. The van der Waals surface area contributed by atoms with Crippen molar-refractivity contribution in [1.29, 1.82) is 0 Å². The summed E-state index contributed by atoms with van der Waals surface area (Å²) in [4.78, 5) is 5.88. The Kier molecular flexibility index (Phi) is 4.59. The normalized spacial score (nSPS) is 11.0. The van der Waals surface area contributed by atoms with Crippen molar-refractivity contribution in [3.8, 4) is 11.4 Å². The maximum absolute atomic E-state index is 4.57. The van der Waals surface area contributed by atoms with Crippen molar-refractivity contribution in [2.24, 2.45) is 7.05 Å². The molecule has 0 fully saturated rings. The van der Waals surface area contributed by atoms with Crippen molar-refractivity contribution in [3.63, 3.8) is 0 Å². The Labute approximate surface area is 138 Å². The van der Waals surface area contributed by atoms with Gasteiger partial charge in [-0.25, -0.2) is 4.98 Å². The first-order chi connectivity index (χ1) is 10.6. The molecule has 0 aliphatic heterocycles. The van der Waals surface area contributed by atoms with E-state index in [0.717, 1.165) is 34.4 Å². The summed E-state index contributed by atoms with van der Waals surface area (Å²) >= 11 is 3.61. The summed E-state index contributed by atoms with van der Waals surface area (Å²) in [5.74, 6) is 3.67. The number of thioether (sulfide) groups is 1. The summed E-state index contributed by atoms with van der Waals surface area (Å²) in [6, 6.07) is 10.2. The summed E-state index contributed by atoms with van der Waals surface area (Å²) in [5, 5.41) is 9.82. The molecule has 0 spiro atoms. The minimum Gasteiger partial charge on any atom is -0.313 e. The van der Waals surface area contributed by atoms with Crippen molar-refractivity contribution in [2.45, 2.75) is 25.4 Å². The molecule has 3 aromatic rings. The number of thiazole rings is 1. The topological polar surface area (TPSA) is 43.6 Å². The first kappa shape index (κ1) is 15.2. The number of rotatable bonds is 5. The van der Waals surface area contributed by atoms with E-state index in [-0.39, 0.29) is 0 Å². The molecule has 0 unspecified atom stereocenters. The van der Waals surface area contributed by atoms with Gasteiger partial charge < -0.3 is 4.57 Å². The predicted molar refractivity (Wildman–Crippen MR) is 93.0 cm³/mol. The Balaban J connectivity index is 1.65. The molecule has 6 heteroatoms. The zero-order valence-electron chi connectivity index (χ0n) is 12.9. The molecule has 0 saturated carbocycles. The largest absolute Gasteiger partial charge is 0.313 e. The Hall–Kier alpha value is -1.66. The third kappa shape index (κ3) is 3.23. The maximum Gasteiger partial charge on any atom is 0.163 e. The van der Waals surface area contributed by atoms with E-state index in [9.17, 15) is 0 Å². The van der Waals surface area contributed by atoms with Crippen molar-refractivity contribution < 1.29 is 0 Å². The summed E-state index contributed by atoms with van der Waals surface area (Å²) < 4.78 is 2.07. The van der Waals surface area contributed by atoms with Gasteiger partial charge in [0.05, 0.1) is 11.4 Å². The van der Waals surface area contributed by atoms with E-state index < -0.39 is 0 Å². The molecule has 0 aliphatic rings. The Bertz CT molecular complexity index is 742. The van der Waals surface area contributed by atoms with Crippen molar-refractivity contribution in [2.75, 3.05) is 0 Å². The fourth-order valence-electron chi connectivity index (χ4n) is 2.16. The minimum absolute atomic E-state index is 0.841. The number of hydrogen-bond acceptors (Lipinski definition) is 5. The second-order valence-electron chi connectivity index (χ2n) is 5.11. The van der Waals surface area contributed by atoms with Crippen LogP contribution in [0.3, 0.4) is 0 Å². The van der Waals surface area contributed by atoms with Crippen molar-refractivity contribution in [1.82, 2.24) is 19.7 Å². The highest BCUT2D eigenvalue weighted by Crippen LogP contribution is 2.24. The van der Waals surface area contributed by atoms with E-state index in [1.165, 1.54) is 9.88 Å². The van der Waals surface area contributed by atoms with Crippen molar-refractivity contribution >= 4 is 23.1 Å². The van der Waals surface area contributed by atoms with Gasteiger partial charge >= 0.3 is 0 Å². The molecule has 1 aromatic carbocycles. The highest BCUT2D eigenvalue weighted by Gasteiger charge is 2.11. The molecule has 0 bridgehead atoms. The van der Waals surface area contributed by atoms with Crippen LogP contribution in [0.5, 0.6) is 0 Å². The number of aryl methyl sites for hydroxylation is 2. The van der Waals surface area contributed by atoms with Crippen LogP contribution in [0.1, 0.15) is 21.4 Å². The summed E-state index contributed by atoms with van der Waals surface area (Å²) in [5.41, 5.74) is 2.24. The summed E-state index contributed by atoms with van der Waals surface area (Å²) in [6.45, 7) is 4.19. The molecule has 0 saturated heterocycles. The van der Waals surface area contributed by atoms with Gasteiger partial charge in [-0.2, -0.15) is 0 Å². The molecule has 2 heterocycles. The van der Waals surface area contributed by atoms with Crippen LogP contribution >= 0.6 is 23.1 Å². The highest BCUT2D eigenvalue weighted by molar-refractivity contribution is 7.97. The van der Waals surface area contributed by atoms with Gasteiger partial charge in [0.15, 0.2) is 5.82 Å². The van der Waals surface area contributed by atoms with Gasteiger partial charge in [0, 0.05) is 23.2 Å². The first-order valence-corrected chi connectivity index (χ1v) is 9.06. The van der Waals surface area contributed by atoms with E-state index in [1.54, 1.807) is 11.3 Å². The zero-order chi connectivity index (χ0) is 15.5. The Morgan fingerprint density at radius 1 is 1.09 bits per heavy atom. The van der Waals surface area contributed by atoms with Gasteiger partial charge in [-0.3, -0.25) is 0 Å². The lowest BCUT2D eigenvalue weighted by atomic mass is 10.2.